The Morgan fingerprint density at radius 1 is 1.15 bits per heavy atom. The number of aromatic nitrogens is 1. The van der Waals surface area contributed by atoms with Gasteiger partial charge in [0.15, 0.2) is 5.60 Å². The second kappa shape index (κ2) is 7.89. The highest BCUT2D eigenvalue weighted by molar-refractivity contribution is 7.30. The summed E-state index contributed by atoms with van der Waals surface area (Å²) in [5.41, 5.74) is 2.14. The first-order valence-electron chi connectivity index (χ1n) is 8.65. The molecule has 0 amide bonds. The molecule has 136 valence electrons. The van der Waals surface area contributed by atoms with Crippen molar-refractivity contribution in [2.75, 3.05) is 0 Å². The zero-order valence-corrected chi connectivity index (χ0v) is 16.5. The Bertz CT molecular complexity index is 919. The van der Waals surface area contributed by atoms with Gasteiger partial charge in [-0.15, -0.1) is 4.52 Å². The lowest BCUT2D eigenvalue weighted by atomic mass is 9.88. The third-order valence-corrected chi connectivity index (χ3v) is 5.65. The Morgan fingerprint density at radius 2 is 1.85 bits per heavy atom. The molecule has 2 aromatic carbocycles. The van der Waals surface area contributed by atoms with Crippen LogP contribution in [0.5, 0.6) is 0 Å². The van der Waals surface area contributed by atoms with Gasteiger partial charge in [-0.2, -0.15) is 0 Å². The number of benzene rings is 2. The molecule has 0 N–H and O–H groups in total. The van der Waals surface area contributed by atoms with Crippen molar-refractivity contribution in [2.45, 2.75) is 38.8 Å². The minimum absolute atomic E-state index is 0.545. The molecule has 0 saturated carbocycles. The monoisotopic (exact) mass is 389 g/mol. The maximum absolute atomic E-state index is 11.4. The SMILES string of the molecule is CCC(CC)(O[P+](=O)[O-])c1cn(Cc2ccccc2)c2ccc(Cl)cc12. The molecule has 0 bridgehead atoms. The third kappa shape index (κ3) is 3.70. The first kappa shape index (κ1) is 19.1. The van der Waals surface area contributed by atoms with Gasteiger partial charge in [0.05, 0.1) is 0 Å². The first-order valence-corrected chi connectivity index (χ1v) is 10.1. The average molecular weight is 390 g/mol. The van der Waals surface area contributed by atoms with Crippen LogP contribution < -0.4 is 4.89 Å². The molecular formula is C20H21ClNO3P. The molecule has 0 radical (unpaired) electrons. The fraction of sp³-hybridized carbons (Fsp3) is 0.300. The summed E-state index contributed by atoms with van der Waals surface area (Å²) in [6.45, 7) is 4.56. The Balaban J connectivity index is 2.18. The van der Waals surface area contributed by atoms with Gasteiger partial charge in [0, 0.05) is 34.2 Å². The molecule has 4 nitrogen and oxygen atoms in total. The lowest BCUT2D eigenvalue weighted by molar-refractivity contribution is -0.197. The topological polar surface area (TPSA) is 54.3 Å². The van der Waals surface area contributed by atoms with Crippen molar-refractivity contribution in [1.29, 1.82) is 0 Å². The average Bonchev–Trinajstić information content (AvgIpc) is 2.98. The van der Waals surface area contributed by atoms with E-state index >= 15 is 0 Å². The Kier molecular flexibility index (Phi) is 5.79. The molecule has 1 unspecified atom stereocenters. The van der Waals surface area contributed by atoms with E-state index in [9.17, 15) is 9.46 Å². The number of rotatable bonds is 7. The molecule has 0 spiro atoms. The number of halogens is 1. The zero-order chi connectivity index (χ0) is 18.7. The number of nitrogens with zero attached hydrogens (tertiary/aromatic N) is 1. The summed E-state index contributed by atoms with van der Waals surface area (Å²) in [4.78, 5) is 11.4. The molecule has 1 heterocycles. The highest BCUT2D eigenvalue weighted by atomic mass is 35.5. The highest BCUT2D eigenvalue weighted by Crippen LogP contribution is 2.43. The van der Waals surface area contributed by atoms with Crippen LogP contribution >= 0.6 is 19.9 Å². The molecule has 0 aliphatic heterocycles. The van der Waals surface area contributed by atoms with Gasteiger partial charge < -0.3 is 9.46 Å². The maximum Gasteiger partial charge on any atom is 0.489 e. The Labute approximate surface area is 159 Å². The smallest absolute Gasteiger partial charge is 0.489 e. The van der Waals surface area contributed by atoms with Crippen molar-refractivity contribution in [3.8, 4) is 0 Å². The van der Waals surface area contributed by atoms with Gasteiger partial charge in [-0.1, -0.05) is 55.8 Å². The van der Waals surface area contributed by atoms with Gasteiger partial charge in [-0.25, -0.2) is 0 Å². The minimum atomic E-state index is -2.97. The number of hydrogen-bond donors (Lipinski definition) is 0. The van der Waals surface area contributed by atoms with Crippen molar-refractivity contribution in [1.82, 2.24) is 4.57 Å². The minimum Gasteiger partial charge on any atom is -0.566 e. The van der Waals surface area contributed by atoms with E-state index in [0.29, 0.717) is 24.4 Å². The predicted molar refractivity (Wildman–Crippen MR) is 103 cm³/mol. The van der Waals surface area contributed by atoms with Gasteiger partial charge in [-0.3, -0.25) is 0 Å². The second-order valence-corrected chi connectivity index (χ2v) is 7.40. The largest absolute Gasteiger partial charge is 0.566 e. The summed E-state index contributed by atoms with van der Waals surface area (Å²) < 4.78 is 18.9. The van der Waals surface area contributed by atoms with E-state index in [1.807, 2.05) is 56.4 Å². The van der Waals surface area contributed by atoms with Crippen molar-refractivity contribution >= 4 is 30.8 Å². The second-order valence-electron chi connectivity index (χ2n) is 6.33. The van der Waals surface area contributed by atoms with Crippen LogP contribution in [0.4, 0.5) is 0 Å². The van der Waals surface area contributed by atoms with Crippen LogP contribution in [-0.4, -0.2) is 4.57 Å². The van der Waals surface area contributed by atoms with Gasteiger partial charge in [0.2, 0.25) is 0 Å². The van der Waals surface area contributed by atoms with Crippen molar-refractivity contribution < 1.29 is 14.0 Å². The van der Waals surface area contributed by atoms with Crippen LogP contribution in [0.3, 0.4) is 0 Å². The molecule has 0 aliphatic rings. The van der Waals surface area contributed by atoms with Crippen molar-refractivity contribution in [2.24, 2.45) is 0 Å². The Morgan fingerprint density at radius 3 is 2.46 bits per heavy atom. The lowest BCUT2D eigenvalue weighted by Crippen LogP contribution is -2.26. The van der Waals surface area contributed by atoms with Crippen LogP contribution in [0.1, 0.15) is 37.8 Å². The fourth-order valence-electron chi connectivity index (χ4n) is 3.50. The molecular weight excluding hydrogens is 369 g/mol. The van der Waals surface area contributed by atoms with Crippen LogP contribution in [0.25, 0.3) is 10.9 Å². The zero-order valence-electron chi connectivity index (χ0n) is 14.8. The number of fused-ring (bicyclic) bond motifs is 1. The van der Waals surface area contributed by atoms with E-state index in [0.717, 1.165) is 16.5 Å². The van der Waals surface area contributed by atoms with Gasteiger partial charge in [0.1, 0.15) is 0 Å². The van der Waals surface area contributed by atoms with Gasteiger partial charge in [-0.05, 0) is 41.2 Å². The fourth-order valence-corrected chi connectivity index (χ4v) is 4.31. The molecule has 6 heteroatoms. The Hall–Kier alpha value is -1.71. The van der Waals surface area contributed by atoms with E-state index in [1.54, 1.807) is 0 Å². The normalized spacial score (nSPS) is 12.5. The molecule has 0 fully saturated rings. The molecule has 3 aromatic rings. The summed E-state index contributed by atoms with van der Waals surface area (Å²) in [6, 6.07) is 15.8. The summed E-state index contributed by atoms with van der Waals surface area (Å²) in [5.74, 6) is 0. The molecule has 26 heavy (non-hydrogen) atoms. The van der Waals surface area contributed by atoms with Crippen LogP contribution in [0, 0.1) is 0 Å². The van der Waals surface area contributed by atoms with Gasteiger partial charge in [0.25, 0.3) is 0 Å². The molecule has 0 aliphatic carbocycles. The van der Waals surface area contributed by atoms with E-state index < -0.39 is 13.9 Å². The number of hydrogen-bond acceptors (Lipinski definition) is 3. The van der Waals surface area contributed by atoms with E-state index in [1.165, 1.54) is 5.56 Å². The summed E-state index contributed by atoms with van der Waals surface area (Å²) >= 11 is 6.23. The standard InChI is InChI=1S/C20H21ClNO3P/c1-3-20(4-2,25-26(23)24)18-14-22(13-15-8-6-5-7-9-15)19-11-10-16(21)12-17(18)19/h5-12,14H,3-4,13H2,1-2H3. The molecule has 1 aromatic heterocycles. The van der Waals surface area contributed by atoms with Crippen LogP contribution in [0.2, 0.25) is 5.02 Å². The van der Waals surface area contributed by atoms with Crippen molar-refractivity contribution in [3.05, 3.63) is 70.9 Å². The van der Waals surface area contributed by atoms with Crippen molar-refractivity contribution in [3.63, 3.8) is 0 Å². The lowest BCUT2D eigenvalue weighted by Gasteiger charge is -2.25. The predicted octanol–water partition coefficient (Wildman–Crippen LogP) is 5.39. The third-order valence-electron chi connectivity index (χ3n) is 4.92. The van der Waals surface area contributed by atoms with Crippen LogP contribution in [-0.2, 0) is 21.2 Å². The maximum atomic E-state index is 11.4. The molecule has 1 atom stereocenters. The van der Waals surface area contributed by atoms with E-state index in [4.69, 9.17) is 16.1 Å². The molecule has 0 saturated heterocycles. The van der Waals surface area contributed by atoms with E-state index in [-0.39, 0.29) is 0 Å². The van der Waals surface area contributed by atoms with E-state index in [2.05, 4.69) is 16.7 Å². The summed E-state index contributed by atoms with van der Waals surface area (Å²) in [6.07, 6.45) is 3.09. The first-order chi connectivity index (χ1) is 12.5. The van der Waals surface area contributed by atoms with Gasteiger partial charge >= 0.3 is 8.25 Å². The van der Waals surface area contributed by atoms with Crippen LogP contribution in [0.15, 0.2) is 54.7 Å². The highest BCUT2D eigenvalue weighted by Gasteiger charge is 2.38. The quantitative estimate of drug-likeness (QED) is 0.509. The summed E-state index contributed by atoms with van der Waals surface area (Å²) in [7, 11) is -2.97. The molecule has 3 rings (SSSR count). The summed E-state index contributed by atoms with van der Waals surface area (Å²) in [5, 5.41) is 1.54.